The molecule has 116 valence electrons. The molecular weight excluding hydrogens is 294 g/mol. The number of fused-ring (bicyclic) bond motifs is 1. The van der Waals surface area contributed by atoms with Crippen LogP contribution >= 0.6 is 0 Å². The molecule has 3 N–H and O–H groups in total. The van der Waals surface area contributed by atoms with Gasteiger partial charge < -0.3 is 10.4 Å². The number of rotatable bonds is 4. The molecule has 3 rings (SSSR count). The average Bonchev–Trinajstić information content (AvgIpc) is 2.91. The number of hydrogen-bond acceptors (Lipinski definition) is 4. The van der Waals surface area contributed by atoms with E-state index in [1.807, 2.05) is 25.1 Å². The number of carboxylic acids is 1. The van der Waals surface area contributed by atoms with Crippen LogP contribution in [0.2, 0.25) is 0 Å². The molecule has 1 aliphatic heterocycles. The lowest BCUT2D eigenvalue weighted by Crippen LogP contribution is -2.05. The highest BCUT2D eigenvalue weighted by Crippen LogP contribution is 2.24. The molecule has 6 heteroatoms. The van der Waals surface area contributed by atoms with Crippen LogP contribution in [0.15, 0.2) is 47.6 Å². The summed E-state index contributed by atoms with van der Waals surface area (Å²) in [5.41, 5.74) is 6.73. The third-order valence-corrected chi connectivity index (χ3v) is 3.65. The Balaban J connectivity index is 1.83. The van der Waals surface area contributed by atoms with E-state index in [1.54, 1.807) is 18.2 Å². The molecule has 0 saturated heterocycles. The molecule has 1 aliphatic rings. The van der Waals surface area contributed by atoms with E-state index >= 15 is 0 Å². The number of carbonyl (C=O) groups is 2. The molecule has 0 radical (unpaired) electrons. The van der Waals surface area contributed by atoms with Gasteiger partial charge >= 0.3 is 5.97 Å². The lowest BCUT2D eigenvalue weighted by Gasteiger charge is -2.07. The van der Waals surface area contributed by atoms with Crippen LogP contribution in [-0.2, 0) is 11.2 Å². The summed E-state index contributed by atoms with van der Waals surface area (Å²) in [4.78, 5) is 22.6. The highest BCUT2D eigenvalue weighted by molar-refractivity contribution is 6.03. The number of hydrogen-bond donors (Lipinski definition) is 3. The normalized spacial score (nSPS) is 13.4. The van der Waals surface area contributed by atoms with Gasteiger partial charge in [-0.3, -0.25) is 10.2 Å². The Morgan fingerprint density at radius 1 is 1.26 bits per heavy atom. The zero-order valence-corrected chi connectivity index (χ0v) is 12.5. The number of aromatic carboxylic acids is 1. The summed E-state index contributed by atoms with van der Waals surface area (Å²) in [7, 11) is 0. The fraction of sp³-hybridized carbons (Fsp3) is 0.118. The van der Waals surface area contributed by atoms with Crippen molar-refractivity contribution < 1.29 is 14.7 Å². The van der Waals surface area contributed by atoms with Crippen molar-refractivity contribution in [1.82, 2.24) is 0 Å². The number of amides is 1. The van der Waals surface area contributed by atoms with Crippen molar-refractivity contribution in [3.8, 4) is 0 Å². The smallest absolute Gasteiger partial charge is 0.337 e. The van der Waals surface area contributed by atoms with Crippen LogP contribution in [0.4, 0.5) is 11.4 Å². The van der Waals surface area contributed by atoms with Gasteiger partial charge in [0.05, 0.1) is 23.4 Å². The molecule has 0 unspecified atom stereocenters. The van der Waals surface area contributed by atoms with E-state index in [2.05, 4.69) is 15.8 Å². The third kappa shape index (κ3) is 3.06. The molecule has 1 amide bonds. The van der Waals surface area contributed by atoms with Crippen molar-refractivity contribution in [2.45, 2.75) is 13.3 Å². The highest BCUT2D eigenvalue weighted by Gasteiger charge is 2.17. The maximum atomic E-state index is 11.4. The van der Waals surface area contributed by atoms with Gasteiger partial charge in [-0.05, 0) is 42.3 Å². The first kappa shape index (κ1) is 14.8. The molecule has 0 spiro atoms. The van der Waals surface area contributed by atoms with Crippen LogP contribution in [0.25, 0.3) is 0 Å². The van der Waals surface area contributed by atoms with E-state index in [4.69, 9.17) is 5.11 Å². The number of anilines is 2. The largest absolute Gasteiger partial charge is 0.478 e. The van der Waals surface area contributed by atoms with Gasteiger partial charge in [-0.2, -0.15) is 5.10 Å². The van der Waals surface area contributed by atoms with E-state index < -0.39 is 5.97 Å². The summed E-state index contributed by atoms with van der Waals surface area (Å²) >= 11 is 0. The molecule has 0 saturated carbocycles. The third-order valence-electron chi connectivity index (χ3n) is 3.65. The van der Waals surface area contributed by atoms with Crippen LogP contribution in [0.5, 0.6) is 0 Å². The topological polar surface area (TPSA) is 90.8 Å². The maximum Gasteiger partial charge on any atom is 0.337 e. The molecule has 0 atom stereocenters. The predicted octanol–water partition coefficient (Wildman–Crippen LogP) is 2.72. The Morgan fingerprint density at radius 3 is 2.83 bits per heavy atom. The Kier molecular flexibility index (Phi) is 3.80. The van der Waals surface area contributed by atoms with Crippen molar-refractivity contribution in [2.75, 3.05) is 10.7 Å². The number of carbonyl (C=O) groups excluding carboxylic acids is 1. The van der Waals surface area contributed by atoms with Crippen molar-refractivity contribution in [3.05, 3.63) is 59.2 Å². The summed E-state index contributed by atoms with van der Waals surface area (Å²) < 4.78 is 0. The molecule has 1 heterocycles. The van der Waals surface area contributed by atoms with Crippen LogP contribution in [0, 0.1) is 0 Å². The van der Waals surface area contributed by atoms with Gasteiger partial charge in [0.15, 0.2) is 0 Å². The fourth-order valence-corrected chi connectivity index (χ4v) is 2.43. The number of benzene rings is 2. The molecule has 2 aromatic rings. The minimum absolute atomic E-state index is 0.0137. The Bertz CT molecular complexity index is 828. The first-order valence-electron chi connectivity index (χ1n) is 7.10. The minimum atomic E-state index is -1.01. The first-order chi connectivity index (χ1) is 11.0. The minimum Gasteiger partial charge on any atom is -0.478 e. The van der Waals surface area contributed by atoms with Gasteiger partial charge in [-0.15, -0.1) is 0 Å². The summed E-state index contributed by atoms with van der Waals surface area (Å²) in [5.74, 6) is -1.02. The number of hydrazone groups is 1. The first-order valence-corrected chi connectivity index (χ1v) is 7.10. The SMILES string of the molecule is C/C(=N\Nc1ccccc1C(=O)O)c1ccc2c(c1)CC(=O)N2. The second-order valence-corrected chi connectivity index (χ2v) is 5.26. The Morgan fingerprint density at radius 2 is 2.04 bits per heavy atom. The second-order valence-electron chi connectivity index (χ2n) is 5.26. The van der Waals surface area contributed by atoms with E-state index in [9.17, 15) is 9.59 Å². The Hall–Kier alpha value is -3.15. The second kappa shape index (κ2) is 5.92. The number of para-hydroxylation sites is 1. The monoisotopic (exact) mass is 309 g/mol. The van der Waals surface area contributed by atoms with Crippen molar-refractivity contribution in [2.24, 2.45) is 5.10 Å². The van der Waals surface area contributed by atoms with Crippen molar-refractivity contribution in [1.29, 1.82) is 0 Å². The molecular formula is C17H15N3O3. The van der Waals surface area contributed by atoms with E-state index in [-0.39, 0.29) is 11.5 Å². The molecule has 0 aromatic heterocycles. The predicted molar refractivity (Wildman–Crippen MR) is 88.0 cm³/mol. The van der Waals surface area contributed by atoms with E-state index in [0.29, 0.717) is 17.8 Å². The van der Waals surface area contributed by atoms with Gasteiger partial charge in [0.1, 0.15) is 0 Å². The van der Waals surface area contributed by atoms with Crippen LogP contribution < -0.4 is 10.7 Å². The summed E-state index contributed by atoms with van der Waals surface area (Å²) in [5, 5.41) is 16.2. The number of carboxylic acid groups (broad SMARTS) is 1. The molecule has 0 aliphatic carbocycles. The fourth-order valence-electron chi connectivity index (χ4n) is 2.43. The van der Waals surface area contributed by atoms with Gasteiger partial charge in [0.2, 0.25) is 5.91 Å². The maximum absolute atomic E-state index is 11.4. The van der Waals surface area contributed by atoms with E-state index in [1.165, 1.54) is 6.07 Å². The van der Waals surface area contributed by atoms with Gasteiger partial charge in [-0.25, -0.2) is 4.79 Å². The summed E-state index contributed by atoms with van der Waals surface area (Å²) in [6.45, 7) is 1.82. The molecule has 0 bridgehead atoms. The van der Waals surface area contributed by atoms with E-state index in [0.717, 1.165) is 16.8 Å². The number of nitrogens with zero attached hydrogens (tertiary/aromatic N) is 1. The highest BCUT2D eigenvalue weighted by atomic mass is 16.4. The molecule has 2 aromatic carbocycles. The summed E-state index contributed by atoms with van der Waals surface area (Å²) in [6.07, 6.45) is 0.367. The lowest BCUT2D eigenvalue weighted by atomic mass is 10.1. The number of nitrogens with one attached hydrogen (secondary N) is 2. The molecule has 6 nitrogen and oxygen atoms in total. The van der Waals surface area contributed by atoms with Gasteiger partial charge in [0, 0.05) is 5.69 Å². The van der Waals surface area contributed by atoms with Crippen molar-refractivity contribution >= 4 is 29.0 Å². The zero-order valence-electron chi connectivity index (χ0n) is 12.5. The lowest BCUT2D eigenvalue weighted by molar-refractivity contribution is -0.115. The van der Waals surface area contributed by atoms with Crippen LogP contribution in [0.1, 0.15) is 28.4 Å². The quantitative estimate of drug-likeness (QED) is 0.598. The van der Waals surface area contributed by atoms with Crippen molar-refractivity contribution in [3.63, 3.8) is 0 Å². The van der Waals surface area contributed by atoms with Crippen LogP contribution in [-0.4, -0.2) is 22.7 Å². The molecule has 0 fully saturated rings. The molecule has 23 heavy (non-hydrogen) atoms. The Labute approximate surface area is 132 Å². The van der Waals surface area contributed by atoms with Gasteiger partial charge in [-0.1, -0.05) is 18.2 Å². The summed E-state index contributed by atoms with van der Waals surface area (Å²) in [6, 6.07) is 12.2. The zero-order chi connectivity index (χ0) is 16.4. The van der Waals surface area contributed by atoms with Gasteiger partial charge in [0.25, 0.3) is 0 Å². The van der Waals surface area contributed by atoms with Crippen LogP contribution in [0.3, 0.4) is 0 Å². The average molecular weight is 309 g/mol. The standard InChI is InChI=1S/C17H15N3O3/c1-10(11-6-7-14-12(8-11)9-16(21)18-14)19-20-15-5-3-2-4-13(15)17(22)23/h2-8,20H,9H2,1H3,(H,18,21)(H,22,23)/b19-10+.